The van der Waals surface area contributed by atoms with Gasteiger partial charge >= 0.3 is 0 Å². The van der Waals surface area contributed by atoms with Gasteiger partial charge in [-0.2, -0.15) is 0 Å². The Hall–Kier alpha value is -2.83. The minimum atomic E-state index is 0.234. The highest BCUT2D eigenvalue weighted by Crippen LogP contribution is 2.30. The van der Waals surface area contributed by atoms with Gasteiger partial charge in [0.2, 0.25) is 0 Å². The minimum Gasteiger partial charge on any atom is -0.361 e. The van der Waals surface area contributed by atoms with E-state index in [0.29, 0.717) is 0 Å². The Morgan fingerprint density at radius 3 is 2.61 bits per heavy atom. The van der Waals surface area contributed by atoms with Gasteiger partial charge in [0.15, 0.2) is 10.3 Å². The second kappa shape index (κ2) is 9.54. The molecule has 156 valence electrons. The highest BCUT2D eigenvalue weighted by molar-refractivity contribution is 8.14. The SMILES string of the molecule is c1ccc(C2CCSC(Nc3ccccc3CCNc3nc4ccccc4s3)=N2)cc1. The lowest BCUT2D eigenvalue weighted by atomic mass is 10.1. The van der Waals surface area contributed by atoms with Crippen molar-refractivity contribution in [2.75, 3.05) is 22.9 Å². The zero-order chi connectivity index (χ0) is 20.9. The molecule has 0 aliphatic carbocycles. The van der Waals surface area contributed by atoms with Crippen molar-refractivity contribution >= 4 is 49.3 Å². The second-order valence-electron chi connectivity index (χ2n) is 7.44. The average Bonchev–Trinajstić information content (AvgIpc) is 3.24. The number of nitrogens with zero attached hydrogens (tertiary/aromatic N) is 2. The summed E-state index contributed by atoms with van der Waals surface area (Å²) in [6.07, 6.45) is 1.99. The quantitative estimate of drug-likeness (QED) is 0.352. The monoisotopic (exact) mass is 444 g/mol. The molecule has 31 heavy (non-hydrogen) atoms. The molecule has 3 aromatic carbocycles. The van der Waals surface area contributed by atoms with E-state index in [9.17, 15) is 0 Å². The van der Waals surface area contributed by atoms with Crippen molar-refractivity contribution in [1.29, 1.82) is 0 Å². The first-order valence-electron chi connectivity index (χ1n) is 10.5. The van der Waals surface area contributed by atoms with E-state index in [1.54, 1.807) is 23.1 Å². The Balaban J connectivity index is 1.25. The van der Waals surface area contributed by atoms with Gasteiger partial charge in [-0.25, -0.2) is 4.98 Å². The fourth-order valence-corrected chi connectivity index (χ4v) is 5.53. The molecule has 6 heteroatoms. The maximum absolute atomic E-state index is 4.99. The van der Waals surface area contributed by atoms with Crippen LogP contribution >= 0.6 is 23.1 Å². The van der Waals surface area contributed by atoms with Crippen molar-refractivity contribution in [3.05, 3.63) is 90.0 Å². The molecule has 0 spiro atoms. The molecule has 0 saturated heterocycles. The van der Waals surface area contributed by atoms with Gasteiger partial charge in [0.1, 0.15) is 0 Å². The van der Waals surface area contributed by atoms with Crippen LogP contribution in [-0.4, -0.2) is 22.4 Å². The van der Waals surface area contributed by atoms with Crippen LogP contribution in [0.15, 0.2) is 83.9 Å². The van der Waals surface area contributed by atoms with Crippen LogP contribution in [0.25, 0.3) is 10.2 Å². The van der Waals surface area contributed by atoms with Crippen molar-refractivity contribution in [2.45, 2.75) is 18.9 Å². The third-order valence-corrected chi connectivity index (χ3v) is 7.23. The summed E-state index contributed by atoms with van der Waals surface area (Å²) >= 11 is 3.51. The lowest BCUT2D eigenvalue weighted by Gasteiger charge is -2.22. The fourth-order valence-electron chi connectivity index (χ4n) is 3.72. The zero-order valence-electron chi connectivity index (χ0n) is 17.1. The summed E-state index contributed by atoms with van der Waals surface area (Å²) in [5.41, 5.74) is 4.75. The number of nitrogens with one attached hydrogen (secondary N) is 2. The first-order chi connectivity index (χ1) is 15.3. The lowest BCUT2D eigenvalue weighted by molar-refractivity contribution is 0.705. The molecule has 1 aliphatic rings. The predicted molar refractivity (Wildman–Crippen MR) is 136 cm³/mol. The number of thiazole rings is 1. The summed E-state index contributed by atoms with van der Waals surface area (Å²) in [5, 5.41) is 9.06. The van der Waals surface area contributed by atoms with Crippen LogP contribution in [0.5, 0.6) is 0 Å². The number of fused-ring (bicyclic) bond motifs is 1. The highest BCUT2D eigenvalue weighted by atomic mass is 32.2. The third-order valence-electron chi connectivity index (χ3n) is 5.31. The summed E-state index contributed by atoms with van der Waals surface area (Å²) in [6, 6.07) is 27.6. The van der Waals surface area contributed by atoms with Gasteiger partial charge in [-0.05, 0) is 42.2 Å². The van der Waals surface area contributed by atoms with E-state index in [-0.39, 0.29) is 6.04 Å². The Labute approximate surface area is 190 Å². The molecule has 0 radical (unpaired) electrons. The van der Waals surface area contributed by atoms with Gasteiger partial charge in [0.05, 0.1) is 16.3 Å². The maximum atomic E-state index is 4.99. The molecule has 0 bridgehead atoms. The van der Waals surface area contributed by atoms with E-state index in [4.69, 9.17) is 4.99 Å². The Bertz CT molecular complexity index is 1150. The van der Waals surface area contributed by atoms with Gasteiger partial charge in [-0.3, -0.25) is 4.99 Å². The number of benzene rings is 3. The van der Waals surface area contributed by atoms with Crippen molar-refractivity contribution in [3.63, 3.8) is 0 Å². The molecule has 4 nitrogen and oxygen atoms in total. The van der Waals surface area contributed by atoms with Gasteiger partial charge < -0.3 is 10.6 Å². The van der Waals surface area contributed by atoms with Crippen LogP contribution in [0.1, 0.15) is 23.6 Å². The summed E-state index contributed by atoms with van der Waals surface area (Å²) in [4.78, 5) is 9.65. The molecular weight excluding hydrogens is 420 g/mol. The van der Waals surface area contributed by atoms with Gasteiger partial charge in [0.25, 0.3) is 0 Å². The fraction of sp³-hybridized carbons (Fsp3) is 0.200. The largest absolute Gasteiger partial charge is 0.361 e. The maximum Gasteiger partial charge on any atom is 0.183 e. The van der Waals surface area contributed by atoms with Crippen molar-refractivity contribution < 1.29 is 0 Å². The third kappa shape index (κ3) is 4.92. The predicted octanol–water partition coefficient (Wildman–Crippen LogP) is 6.60. The molecular formula is C25H24N4S2. The standard InChI is InChI=1S/C25H24N4S2/c1-2-8-18(9-3-1)21-15-17-30-25(28-21)27-20-11-5-4-10-19(20)14-16-26-24-29-22-12-6-7-13-23(22)31-24/h1-13,21H,14-17H2,(H,26,29)(H,27,28). The van der Waals surface area contributed by atoms with Crippen LogP contribution in [0, 0.1) is 0 Å². The molecule has 4 aromatic rings. The van der Waals surface area contributed by atoms with Gasteiger partial charge in [-0.1, -0.05) is 83.8 Å². The highest BCUT2D eigenvalue weighted by Gasteiger charge is 2.18. The first-order valence-corrected chi connectivity index (χ1v) is 12.4. The molecule has 0 saturated carbocycles. The molecule has 2 N–H and O–H groups in total. The van der Waals surface area contributed by atoms with E-state index in [1.165, 1.54) is 15.8 Å². The van der Waals surface area contributed by atoms with E-state index < -0.39 is 0 Å². The second-order valence-corrected chi connectivity index (χ2v) is 9.56. The van der Waals surface area contributed by atoms with Crippen molar-refractivity contribution in [1.82, 2.24) is 4.98 Å². The number of para-hydroxylation sites is 2. The summed E-state index contributed by atoms with van der Waals surface area (Å²) in [5.74, 6) is 1.08. The van der Waals surface area contributed by atoms with Gasteiger partial charge in [-0.15, -0.1) is 0 Å². The van der Waals surface area contributed by atoms with Gasteiger partial charge in [0, 0.05) is 18.0 Å². The average molecular weight is 445 g/mol. The van der Waals surface area contributed by atoms with Crippen LogP contribution in [-0.2, 0) is 6.42 Å². The topological polar surface area (TPSA) is 49.3 Å². The normalized spacial score (nSPS) is 16.1. The van der Waals surface area contributed by atoms with Crippen LogP contribution < -0.4 is 10.6 Å². The van der Waals surface area contributed by atoms with E-state index in [2.05, 4.69) is 88.4 Å². The first kappa shape index (κ1) is 20.1. The van der Waals surface area contributed by atoms with E-state index >= 15 is 0 Å². The minimum absolute atomic E-state index is 0.234. The van der Waals surface area contributed by atoms with E-state index in [1.807, 2.05) is 6.07 Å². The summed E-state index contributed by atoms with van der Waals surface area (Å²) in [6.45, 7) is 0.838. The lowest BCUT2D eigenvalue weighted by Crippen LogP contribution is -2.17. The molecule has 5 rings (SSSR count). The molecule has 1 aliphatic heterocycles. The number of aliphatic imine (C=N–C) groups is 1. The van der Waals surface area contributed by atoms with Crippen LogP contribution in [0.2, 0.25) is 0 Å². The number of amidine groups is 1. The number of aromatic nitrogens is 1. The number of rotatable bonds is 6. The molecule has 0 fully saturated rings. The number of anilines is 2. The molecule has 2 heterocycles. The molecule has 1 aromatic heterocycles. The zero-order valence-corrected chi connectivity index (χ0v) is 18.8. The Morgan fingerprint density at radius 2 is 1.71 bits per heavy atom. The molecule has 1 unspecified atom stereocenters. The number of hydrogen-bond acceptors (Lipinski definition) is 6. The van der Waals surface area contributed by atoms with Crippen molar-refractivity contribution in [3.8, 4) is 0 Å². The molecule has 0 amide bonds. The smallest absolute Gasteiger partial charge is 0.183 e. The summed E-state index contributed by atoms with van der Waals surface area (Å²) < 4.78 is 1.22. The summed E-state index contributed by atoms with van der Waals surface area (Å²) in [7, 11) is 0. The molecule has 1 atom stereocenters. The Kier molecular flexibility index (Phi) is 6.18. The van der Waals surface area contributed by atoms with Crippen LogP contribution in [0.4, 0.5) is 10.8 Å². The van der Waals surface area contributed by atoms with Crippen molar-refractivity contribution in [2.24, 2.45) is 4.99 Å². The Morgan fingerprint density at radius 1 is 0.903 bits per heavy atom. The van der Waals surface area contributed by atoms with Crippen LogP contribution in [0.3, 0.4) is 0 Å². The van der Waals surface area contributed by atoms with E-state index in [0.717, 1.165) is 46.6 Å². The number of hydrogen-bond donors (Lipinski definition) is 2. The number of thioether (sulfide) groups is 1.